The molecule has 0 aromatic rings. The minimum Gasteiger partial charge on any atom is -0.275 e. The monoisotopic (exact) mass is 238 g/mol. The fourth-order valence-corrected chi connectivity index (χ4v) is 1.36. The highest BCUT2D eigenvalue weighted by Crippen LogP contribution is 2.05. The molecular formula is C11H16N3O3. The van der Waals surface area contributed by atoms with Crippen molar-refractivity contribution in [3.63, 3.8) is 0 Å². The molecule has 6 heteroatoms. The number of carbonyl (C=O) groups is 3. The van der Waals surface area contributed by atoms with Gasteiger partial charge in [-0.2, -0.15) is 0 Å². The van der Waals surface area contributed by atoms with Crippen molar-refractivity contribution in [3.05, 3.63) is 12.2 Å². The van der Waals surface area contributed by atoms with Gasteiger partial charge in [-0.25, -0.2) is 0 Å². The molecule has 0 atom stereocenters. The molecule has 1 aliphatic rings. The summed E-state index contributed by atoms with van der Waals surface area (Å²) in [4.78, 5) is 34.7. The van der Waals surface area contributed by atoms with E-state index in [-0.39, 0.29) is 30.7 Å². The van der Waals surface area contributed by atoms with E-state index in [2.05, 4.69) is 10.9 Å². The van der Waals surface area contributed by atoms with Crippen LogP contribution in [0.1, 0.15) is 26.2 Å². The van der Waals surface area contributed by atoms with Gasteiger partial charge in [-0.1, -0.05) is 6.92 Å². The van der Waals surface area contributed by atoms with Crippen LogP contribution in [-0.2, 0) is 14.4 Å². The normalized spacial score (nSPS) is 14.5. The van der Waals surface area contributed by atoms with Crippen LogP contribution in [0.4, 0.5) is 0 Å². The van der Waals surface area contributed by atoms with E-state index in [1.54, 1.807) is 0 Å². The molecule has 0 saturated carbocycles. The van der Waals surface area contributed by atoms with Gasteiger partial charge >= 0.3 is 0 Å². The predicted octanol–water partition coefficient (Wildman–Crippen LogP) is -0.263. The zero-order valence-electron chi connectivity index (χ0n) is 9.81. The van der Waals surface area contributed by atoms with Crippen LogP contribution in [0.2, 0.25) is 0 Å². The molecule has 1 radical (unpaired) electrons. The lowest BCUT2D eigenvalue weighted by molar-refractivity contribution is -0.137. The number of rotatable bonds is 7. The number of amides is 3. The van der Waals surface area contributed by atoms with Crippen molar-refractivity contribution in [3.8, 4) is 0 Å². The maximum absolute atomic E-state index is 11.2. The third-order valence-corrected chi connectivity index (χ3v) is 2.23. The summed E-state index contributed by atoms with van der Waals surface area (Å²) in [7, 11) is 0. The number of imide groups is 1. The molecule has 6 nitrogen and oxygen atoms in total. The van der Waals surface area contributed by atoms with E-state index < -0.39 is 0 Å². The Bertz CT molecular complexity index is 321. The summed E-state index contributed by atoms with van der Waals surface area (Å²) in [5, 5.41) is 0. The number of carbonyl (C=O) groups excluding carboxylic acids is 3. The van der Waals surface area contributed by atoms with Gasteiger partial charge < -0.3 is 0 Å². The molecule has 1 rings (SSSR count). The van der Waals surface area contributed by atoms with Crippen LogP contribution < -0.4 is 10.9 Å². The lowest BCUT2D eigenvalue weighted by Gasteiger charge is -2.12. The highest BCUT2D eigenvalue weighted by Gasteiger charge is 2.22. The van der Waals surface area contributed by atoms with Gasteiger partial charge in [-0.05, 0) is 12.8 Å². The van der Waals surface area contributed by atoms with Gasteiger partial charge in [0.05, 0.1) is 0 Å². The molecule has 0 saturated heterocycles. The maximum Gasteiger partial charge on any atom is 0.253 e. The quantitative estimate of drug-likeness (QED) is 0.377. The lowest BCUT2D eigenvalue weighted by Crippen LogP contribution is -2.34. The van der Waals surface area contributed by atoms with E-state index in [9.17, 15) is 14.4 Å². The summed E-state index contributed by atoms with van der Waals surface area (Å²) >= 11 is 0. The van der Waals surface area contributed by atoms with Crippen LogP contribution in [0.25, 0.3) is 0 Å². The van der Waals surface area contributed by atoms with Crippen molar-refractivity contribution in [1.29, 1.82) is 0 Å². The zero-order valence-corrected chi connectivity index (χ0v) is 9.81. The zero-order chi connectivity index (χ0) is 12.7. The van der Waals surface area contributed by atoms with Gasteiger partial charge in [0, 0.05) is 31.7 Å². The van der Waals surface area contributed by atoms with E-state index in [0.717, 1.165) is 11.3 Å². The Morgan fingerprint density at radius 2 is 2.00 bits per heavy atom. The molecule has 0 aliphatic carbocycles. The Balaban J connectivity index is 2.13. The van der Waals surface area contributed by atoms with Gasteiger partial charge in [0.25, 0.3) is 11.8 Å². The smallest absolute Gasteiger partial charge is 0.253 e. The highest BCUT2D eigenvalue weighted by molar-refractivity contribution is 6.12. The third-order valence-electron chi connectivity index (χ3n) is 2.23. The van der Waals surface area contributed by atoms with Crippen molar-refractivity contribution >= 4 is 17.7 Å². The molecule has 0 aromatic heterocycles. The van der Waals surface area contributed by atoms with Gasteiger partial charge in [0.2, 0.25) is 5.91 Å². The summed E-state index contributed by atoms with van der Waals surface area (Å²) < 4.78 is 0. The van der Waals surface area contributed by atoms with Crippen LogP contribution in [0, 0.1) is 0 Å². The van der Waals surface area contributed by atoms with Crippen LogP contribution in [0.15, 0.2) is 12.2 Å². The summed E-state index contributed by atoms with van der Waals surface area (Å²) in [5.41, 5.74) is 6.22. The summed E-state index contributed by atoms with van der Waals surface area (Å²) in [6.45, 7) is 2.83. The molecule has 1 N–H and O–H groups in total. The molecule has 3 amide bonds. The Hall–Kier alpha value is -1.69. The van der Waals surface area contributed by atoms with Crippen molar-refractivity contribution in [2.24, 2.45) is 0 Å². The van der Waals surface area contributed by atoms with Crippen LogP contribution in [0.3, 0.4) is 0 Å². The minimum atomic E-state index is -0.314. The molecule has 1 heterocycles. The second-order valence-corrected chi connectivity index (χ2v) is 3.68. The fraction of sp³-hybridized carbons (Fsp3) is 0.545. The second-order valence-electron chi connectivity index (χ2n) is 3.68. The Morgan fingerprint density at radius 1 is 1.35 bits per heavy atom. The summed E-state index contributed by atoms with van der Waals surface area (Å²) in [5.74, 6) is -0.817. The molecule has 0 aromatic carbocycles. The van der Waals surface area contributed by atoms with Gasteiger partial charge in [-0.3, -0.25) is 24.7 Å². The minimum absolute atomic E-state index is 0.189. The van der Waals surface area contributed by atoms with Gasteiger partial charge in [0.15, 0.2) is 0 Å². The largest absolute Gasteiger partial charge is 0.275 e. The molecular weight excluding hydrogens is 222 g/mol. The number of nitrogens with zero attached hydrogens (tertiary/aromatic N) is 2. The fourth-order valence-electron chi connectivity index (χ4n) is 1.36. The molecule has 17 heavy (non-hydrogen) atoms. The van der Waals surface area contributed by atoms with Crippen LogP contribution in [-0.4, -0.2) is 35.7 Å². The van der Waals surface area contributed by atoms with Crippen molar-refractivity contribution in [2.75, 3.05) is 13.1 Å². The molecule has 93 valence electrons. The number of hydrogen-bond donors (Lipinski definition) is 1. The number of nitrogens with one attached hydrogen (secondary N) is 1. The van der Waals surface area contributed by atoms with E-state index >= 15 is 0 Å². The average Bonchev–Trinajstić information content (AvgIpc) is 2.61. The summed E-state index contributed by atoms with van der Waals surface area (Å²) in [6, 6.07) is 0. The van der Waals surface area contributed by atoms with Crippen LogP contribution >= 0.6 is 0 Å². The average molecular weight is 238 g/mol. The first-order valence-electron chi connectivity index (χ1n) is 5.64. The van der Waals surface area contributed by atoms with E-state index in [1.165, 1.54) is 12.2 Å². The molecule has 1 aliphatic heterocycles. The topological polar surface area (TPSA) is 80.6 Å². The molecule has 0 spiro atoms. The molecule has 0 unspecified atom stereocenters. The molecule has 0 fully saturated rings. The van der Waals surface area contributed by atoms with E-state index in [0.29, 0.717) is 13.0 Å². The number of hydrogen-bond acceptors (Lipinski definition) is 3. The SMILES string of the molecule is CCC[N]NC(=O)CCCN1C(=O)C=CC1=O. The first-order chi connectivity index (χ1) is 8.15. The highest BCUT2D eigenvalue weighted by atomic mass is 16.2. The van der Waals surface area contributed by atoms with Crippen LogP contribution in [0.5, 0.6) is 0 Å². The molecule has 0 bridgehead atoms. The third kappa shape index (κ3) is 4.36. The Labute approximate surface area is 100 Å². The van der Waals surface area contributed by atoms with Gasteiger partial charge in [0.1, 0.15) is 0 Å². The summed E-state index contributed by atoms with van der Waals surface area (Å²) in [6.07, 6.45) is 4.05. The van der Waals surface area contributed by atoms with E-state index in [1.807, 2.05) is 6.92 Å². The maximum atomic E-state index is 11.2. The first-order valence-corrected chi connectivity index (χ1v) is 5.64. The predicted molar refractivity (Wildman–Crippen MR) is 60.5 cm³/mol. The van der Waals surface area contributed by atoms with Gasteiger partial charge in [-0.15, -0.1) is 5.43 Å². The van der Waals surface area contributed by atoms with E-state index in [4.69, 9.17) is 0 Å². The first kappa shape index (κ1) is 13.4. The second kappa shape index (κ2) is 6.80. The standard InChI is InChI=1S/C11H16N3O3/c1-2-7-12-13-9(15)4-3-8-14-10(16)5-6-11(14)17/h5-6H,2-4,7-8H2,1H3,(H,13,15). The lowest BCUT2D eigenvalue weighted by atomic mass is 10.3. The Kier molecular flexibility index (Phi) is 5.35. The van der Waals surface area contributed by atoms with Crippen molar-refractivity contribution in [2.45, 2.75) is 26.2 Å². The van der Waals surface area contributed by atoms with Crippen molar-refractivity contribution in [1.82, 2.24) is 15.8 Å². The Morgan fingerprint density at radius 3 is 2.59 bits per heavy atom. The van der Waals surface area contributed by atoms with Crippen molar-refractivity contribution < 1.29 is 14.4 Å².